The van der Waals surface area contributed by atoms with E-state index in [4.69, 9.17) is 28.4 Å². The van der Waals surface area contributed by atoms with Crippen LogP contribution in [0.4, 0.5) is 0 Å². The van der Waals surface area contributed by atoms with Gasteiger partial charge in [-0.15, -0.1) is 0 Å². The Morgan fingerprint density at radius 2 is 1.78 bits per heavy atom. The first-order valence-electron chi connectivity index (χ1n) is 11.7. The quantitative estimate of drug-likeness (QED) is 0.170. The van der Waals surface area contributed by atoms with Crippen LogP contribution >= 0.6 is 0 Å². The molecule has 4 fully saturated rings. The van der Waals surface area contributed by atoms with Crippen molar-refractivity contribution in [3.8, 4) is 5.75 Å². The fourth-order valence-electron chi connectivity index (χ4n) is 5.58. The molecular formula is C23H30O13. The number of phenolic OH excluding ortho intramolecular Hbond substituents is 1. The smallest absolute Gasteiger partial charge is 0.338 e. The third-order valence-electron chi connectivity index (χ3n) is 7.53. The zero-order chi connectivity index (χ0) is 25.8. The van der Waals surface area contributed by atoms with E-state index in [1.807, 2.05) is 0 Å². The molecule has 5 unspecified atom stereocenters. The van der Waals surface area contributed by atoms with Gasteiger partial charge in [0.2, 0.25) is 0 Å². The number of ether oxygens (including phenoxy) is 6. The second kappa shape index (κ2) is 9.76. The highest BCUT2D eigenvalue weighted by Gasteiger charge is 2.78. The van der Waals surface area contributed by atoms with E-state index in [1.165, 1.54) is 31.4 Å². The Morgan fingerprint density at radius 1 is 1.06 bits per heavy atom. The summed E-state index contributed by atoms with van der Waals surface area (Å²) < 4.78 is 34.3. The monoisotopic (exact) mass is 514 g/mol. The minimum absolute atomic E-state index is 0.00199. The van der Waals surface area contributed by atoms with Crippen LogP contribution in [0.1, 0.15) is 16.8 Å². The predicted octanol–water partition coefficient (Wildman–Crippen LogP) is -2.17. The number of benzene rings is 1. The summed E-state index contributed by atoms with van der Waals surface area (Å²) in [6.07, 6.45) is -10.7. The molecule has 0 bridgehead atoms. The van der Waals surface area contributed by atoms with Gasteiger partial charge in [-0.2, -0.15) is 0 Å². The minimum Gasteiger partial charge on any atom is -0.508 e. The van der Waals surface area contributed by atoms with Gasteiger partial charge in [0.15, 0.2) is 18.9 Å². The van der Waals surface area contributed by atoms with Crippen LogP contribution in [0.3, 0.4) is 0 Å². The number of esters is 1. The van der Waals surface area contributed by atoms with Crippen molar-refractivity contribution in [3.63, 3.8) is 0 Å². The lowest BCUT2D eigenvalue weighted by molar-refractivity contribution is -0.379. The van der Waals surface area contributed by atoms with Gasteiger partial charge in [-0.1, -0.05) is 0 Å². The Balaban J connectivity index is 1.38. The van der Waals surface area contributed by atoms with Gasteiger partial charge in [-0.3, -0.25) is 0 Å². The van der Waals surface area contributed by atoms with E-state index in [1.54, 1.807) is 0 Å². The maximum atomic E-state index is 12.8. The van der Waals surface area contributed by atoms with Crippen molar-refractivity contribution in [3.05, 3.63) is 29.8 Å². The third kappa shape index (κ3) is 4.19. The van der Waals surface area contributed by atoms with Crippen molar-refractivity contribution in [2.75, 3.05) is 20.3 Å². The number of aliphatic hydroxyl groups is 5. The van der Waals surface area contributed by atoms with E-state index < -0.39 is 92.1 Å². The van der Waals surface area contributed by atoms with Gasteiger partial charge in [-0.05, 0) is 24.3 Å². The van der Waals surface area contributed by atoms with Gasteiger partial charge in [-0.25, -0.2) is 4.79 Å². The van der Waals surface area contributed by atoms with Crippen molar-refractivity contribution in [2.24, 2.45) is 11.8 Å². The molecule has 3 aliphatic heterocycles. The molecule has 36 heavy (non-hydrogen) atoms. The third-order valence-corrected chi connectivity index (χ3v) is 7.53. The molecular weight excluding hydrogens is 484 g/mol. The van der Waals surface area contributed by atoms with Gasteiger partial charge >= 0.3 is 5.97 Å². The van der Waals surface area contributed by atoms with Crippen LogP contribution in [-0.2, 0) is 28.4 Å². The van der Waals surface area contributed by atoms with Crippen LogP contribution in [0.15, 0.2) is 24.3 Å². The molecule has 1 aliphatic carbocycles. The zero-order valence-electron chi connectivity index (χ0n) is 19.3. The Bertz CT molecular complexity index is 940. The van der Waals surface area contributed by atoms with E-state index in [9.17, 15) is 35.4 Å². The number of aromatic hydroxyl groups is 1. The Morgan fingerprint density at radius 3 is 2.42 bits per heavy atom. The first-order valence-corrected chi connectivity index (χ1v) is 11.7. The maximum absolute atomic E-state index is 12.8. The number of phenols is 1. The topological polar surface area (TPSA) is 197 Å². The number of fused-ring (bicyclic) bond motifs is 3. The van der Waals surface area contributed by atoms with Crippen molar-refractivity contribution in [2.45, 2.75) is 67.5 Å². The van der Waals surface area contributed by atoms with Crippen LogP contribution in [0.5, 0.6) is 5.75 Å². The molecule has 1 aromatic carbocycles. The van der Waals surface area contributed by atoms with E-state index in [2.05, 4.69) is 0 Å². The summed E-state index contributed by atoms with van der Waals surface area (Å²) in [5.41, 5.74) is -0.932. The number of methoxy groups -OCH3 is 1. The number of carbonyl (C=O) groups is 1. The van der Waals surface area contributed by atoms with Gasteiger partial charge in [0, 0.05) is 19.4 Å². The van der Waals surface area contributed by atoms with Gasteiger partial charge in [0.25, 0.3) is 0 Å². The Labute approximate surface area is 205 Å². The molecule has 3 heterocycles. The summed E-state index contributed by atoms with van der Waals surface area (Å²) in [7, 11) is 1.42. The van der Waals surface area contributed by atoms with E-state index in [0.29, 0.717) is 0 Å². The van der Waals surface area contributed by atoms with E-state index >= 15 is 0 Å². The Kier molecular flexibility index (Phi) is 6.97. The molecule has 0 radical (unpaired) electrons. The molecule has 6 N–H and O–H groups in total. The highest BCUT2D eigenvalue weighted by Crippen LogP contribution is 2.62. The molecule has 12 atom stereocenters. The summed E-state index contributed by atoms with van der Waals surface area (Å²) in [4.78, 5) is 12.8. The molecule has 4 aliphatic rings. The highest BCUT2D eigenvalue weighted by atomic mass is 16.8. The molecule has 0 spiro atoms. The van der Waals surface area contributed by atoms with Crippen molar-refractivity contribution in [1.29, 1.82) is 0 Å². The summed E-state index contributed by atoms with van der Waals surface area (Å²) in [6, 6.07) is 5.56. The molecule has 200 valence electrons. The Hall–Kier alpha value is -1.91. The second-order valence-corrected chi connectivity index (χ2v) is 9.50. The zero-order valence-corrected chi connectivity index (χ0v) is 19.3. The van der Waals surface area contributed by atoms with Crippen LogP contribution in [0.2, 0.25) is 0 Å². The predicted molar refractivity (Wildman–Crippen MR) is 114 cm³/mol. The lowest BCUT2D eigenvalue weighted by Gasteiger charge is -2.45. The average Bonchev–Trinajstić information content (AvgIpc) is 3.56. The number of rotatable bonds is 7. The average molecular weight is 514 g/mol. The van der Waals surface area contributed by atoms with Gasteiger partial charge in [0.1, 0.15) is 48.0 Å². The molecule has 13 heteroatoms. The van der Waals surface area contributed by atoms with Crippen LogP contribution in [0, 0.1) is 11.8 Å². The molecule has 1 aromatic rings. The van der Waals surface area contributed by atoms with Crippen molar-refractivity contribution >= 4 is 5.97 Å². The fraction of sp³-hybridized carbons (Fsp3) is 0.696. The van der Waals surface area contributed by atoms with E-state index in [-0.39, 0.29) is 17.7 Å². The normalized spacial score (nSPS) is 45.6. The lowest BCUT2D eigenvalue weighted by atomic mass is 9.82. The highest BCUT2D eigenvalue weighted by molar-refractivity contribution is 5.89. The van der Waals surface area contributed by atoms with Crippen molar-refractivity contribution < 1.29 is 63.9 Å². The first kappa shape index (κ1) is 25.7. The molecule has 0 amide bonds. The summed E-state index contributed by atoms with van der Waals surface area (Å²) >= 11 is 0. The number of carbonyl (C=O) groups excluding carboxylic acids is 1. The van der Waals surface area contributed by atoms with Gasteiger partial charge in [0.05, 0.1) is 24.7 Å². The lowest BCUT2D eigenvalue weighted by Crippen LogP contribution is -2.61. The fourth-order valence-corrected chi connectivity index (χ4v) is 5.58. The minimum atomic E-state index is -1.67. The van der Waals surface area contributed by atoms with Crippen LogP contribution < -0.4 is 0 Å². The van der Waals surface area contributed by atoms with Gasteiger partial charge < -0.3 is 59.1 Å². The molecule has 13 nitrogen and oxygen atoms in total. The van der Waals surface area contributed by atoms with Crippen LogP contribution in [-0.4, -0.2) is 118 Å². The number of hydrogen-bond donors (Lipinski definition) is 6. The first-order chi connectivity index (χ1) is 17.2. The largest absolute Gasteiger partial charge is 0.508 e. The standard InChI is InChI=1S/C23H30O13/c1-31-13-6-11-14(21(33-13)35-22-17(29)16(28)15(27)12(7-24)32-22)23(8-25)19(36-23)18(11)34-20(30)9-2-4-10(26)5-3-9/h2-5,11-19,21-22,24-29H,6-8H2,1H3/t11-,12?,13+,14-,15?,16?,17?,18+,19+,21+,22?,23-/m1/s1. The second-order valence-electron chi connectivity index (χ2n) is 9.50. The number of hydrogen-bond acceptors (Lipinski definition) is 13. The number of aliphatic hydroxyl groups excluding tert-OH is 5. The van der Waals surface area contributed by atoms with Crippen LogP contribution in [0.25, 0.3) is 0 Å². The molecule has 1 saturated carbocycles. The summed E-state index contributed by atoms with van der Waals surface area (Å²) in [6.45, 7) is -1.06. The van der Waals surface area contributed by atoms with Crippen molar-refractivity contribution in [1.82, 2.24) is 0 Å². The molecule has 0 aromatic heterocycles. The summed E-state index contributed by atoms with van der Waals surface area (Å²) in [5.74, 6) is -1.76. The maximum Gasteiger partial charge on any atom is 0.338 e. The molecule has 5 rings (SSSR count). The molecule has 3 saturated heterocycles. The number of epoxide rings is 1. The van der Waals surface area contributed by atoms with E-state index in [0.717, 1.165) is 0 Å². The SMILES string of the molecule is CO[C@@H]1C[C@H]2[C@H](OC(=O)c3ccc(O)cc3)[C@@H]3O[C@]3(CO)[C@H]2[C@H](OC2OC(CO)C(O)C(O)C2O)O1. The summed E-state index contributed by atoms with van der Waals surface area (Å²) in [5, 5.41) is 59.8.